The molecule has 2 N–H and O–H groups in total. The lowest BCUT2D eigenvalue weighted by molar-refractivity contribution is -0.120. The largest absolute Gasteiger partial charge is 0.508 e. The number of carbonyl (C=O) groups is 1. The molecule has 0 amide bonds. The van der Waals surface area contributed by atoms with Crippen molar-refractivity contribution in [2.75, 3.05) is 0 Å². The van der Waals surface area contributed by atoms with Gasteiger partial charge in [0.15, 0.2) is 0 Å². The molecule has 3 fully saturated rings. The standard InChI is InChI=1S/C22H30O5/c1-13(2)22(25)10-9-20(3)12-17-21(4,27-17)11-16(18(20)22)26-19(24)14-5-7-15(23)8-6-14/h5-8,13,16-18,23,25H,9-12H2,1-4H3/t16-,17+,18-,20-,21-,22-/m1/s1. The van der Waals surface area contributed by atoms with Gasteiger partial charge < -0.3 is 19.7 Å². The van der Waals surface area contributed by atoms with E-state index in [0.717, 1.165) is 19.3 Å². The molecule has 3 aliphatic rings. The number of benzene rings is 1. The minimum Gasteiger partial charge on any atom is -0.508 e. The number of rotatable bonds is 3. The number of carbonyl (C=O) groups excluding carboxylic acids is 1. The maximum absolute atomic E-state index is 12.8. The Morgan fingerprint density at radius 1 is 1.19 bits per heavy atom. The summed E-state index contributed by atoms with van der Waals surface area (Å²) in [5.41, 5.74) is -0.826. The van der Waals surface area contributed by atoms with Crippen LogP contribution in [-0.4, -0.2) is 39.6 Å². The monoisotopic (exact) mass is 374 g/mol. The van der Waals surface area contributed by atoms with Crippen LogP contribution in [0.3, 0.4) is 0 Å². The molecule has 0 unspecified atom stereocenters. The van der Waals surface area contributed by atoms with Gasteiger partial charge in [0.1, 0.15) is 11.9 Å². The zero-order valence-corrected chi connectivity index (χ0v) is 16.6. The SMILES string of the molecule is CC(C)[C@]1(O)CC[C@]2(C)C[C@@H]3O[C@]3(C)C[C@@H](OC(=O)c3ccc(O)cc3)[C@H]21. The van der Waals surface area contributed by atoms with Crippen molar-refractivity contribution >= 4 is 5.97 Å². The predicted octanol–water partition coefficient (Wildman–Crippen LogP) is 3.67. The first-order valence-electron chi connectivity index (χ1n) is 9.98. The van der Waals surface area contributed by atoms with E-state index < -0.39 is 17.7 Å². The first kappa shape index (κ1) is 18.8. The van der Waals surface area contributed by atoms with E-state index in [1.165, 1.54) is 12.1 Å². The van der Waals surface area contributed by atoms with Gasteiger partial charge in [0.2, 0.25) is 0 Å². The fourth-order valence-corrected chi connectivity index (χ4v) is 5.63. The van der Waals surface area contributed by atoms with Gasteiger partial charge in [0.25, 0.3) is 0 Å². The molecule has 2 aliphatic carbocycles. The van der Waals surface area contributed by atoms with Gasteiger partial charge in [-0.2, -0.15) is 0 Å². The van der Waals surface area contributed by atoms with Gasteiger partial charge in [-0.05, 0) is 61.8 Å². The van der Waals surface area contributed by atoms with Gasteiger partial charge in [0.05, 0.1) is 22.9 Å². The lowest BCUT2D eigenvalue weighted by Gasteiger charge is -2.44. The van der Waals surface area contributed by atoms with Crippen molar-refractivity contribution in [1.82, 2.24) is 0 Å². The summed E-state index contributed by atoms with van der Waals surface area (Å²) in [6.45, 7) is 8.40. The molecule has 0 radical (unpaired) electrons. The second-order valence-corrected chi connectivity index (χ2v) is 9.60. The Kier molecular flexibility index (Phi) is 4.13. The molecule has 1 heterocycles. The number of hydrogen-bond acceptors (Lipinski definition) is 5. The summed E-state index contributed by atoms with van der Waals surface area (Å²) >= 11 is 0. The molecule has 2 saturated carbocycles. The zero-order valence-electron chi connectivity index (χ0n) is 16.6. The van der Waals surface area contributed by atoms with Gasteiger partial charge in [0, 0.05) is 12.3 Å². The van der Waals surface area contributed by atoms with E-state index in [4.69, 9.17) is 9.47 Å². The highest BCUT2D eigenvalue weighted by atomic mass is 16.6. The highest BCUT2D eigenvalue weighted by Gasteiger charge is 2.68. The van der Waals surface area contributed by atoms with Crippen LogP contribution in [0.4, 0.5) is 0 Å². The molecular weight excluding hydrogens is 344 g/mol. The number of phenols is 1. The number of phenolic OH excluding ortho intramolecular Hbond substituents is 1. The summed E-state index contributed by atoms with van der Waals surface area (Å²) in [5, 5.41) is 21.0. The highest BCUT2D eigenvalue weighted by Crippen LogP contribution is 2.63. The molecule has 1 aromatic rings. The topological polar surface area (TPSA) is 79.3 Å². The lowest BCUT2D eigenvalue weighted by atomic mass is 9.67. The predicted molar refractivity (Wildman–Crippen MR) is 100 cm³/mol. The van der Waals surface area contributed by atoms with Crippen molar-refractivity contribution in [2.45, 2.75) is 76.8 Å². The third-order valence-electron chi connectivity index (χ3n) is 7.41. The minimum absolute atomic E-state index is 0.0855. The van der Waals surface area contributed by atoms with Crippen LogP contribution in [0.2, 0.25) is 0 Å². The van der Waals surface area contributed by atoms with Crippen LogP contribution in [-0.2, 0) is 9.47 Å². The Balaban J connectivity index is 1.67. The molecule has 1 saturated heterocycles. The Hall–Kier alpha value is -1.59. The molecule has 0 aromatic heterocycles. The maximum atomic E-state index is 12.8. The molecule has 0 bridgehead atoms. The van der Waals surface area contributed by atoms with Crippen LogP contribution in [0.5, 0.6) is 5.75 Å². The number of aliphatic hydroxyl groups is 1. The highest BCUT2D eigenvalue weighted by molar-refractivity contribution is 5.89. The molecular formula is C22H30O5. The Morgan fingerprint density at radius 2 is 1.85 bits per heavy atom. The van der Waals surface area contributed by atoms with Gasteiger partial charge in [-0.3, -0.25) is 0 Å². The third-order valence-corrected chi connectivity index (χ3v) is 7.41. The normalized spacial score (nSPS) is 43.0. The van der Waals surface area contributed by atoms with Crippen LogP contribution in [0.15, 0.2) is 24.3 Å². The average molecular weight is 374 g/mol. The molecule has 4 rings (SSSR count). The summed E-state index contributed by atoms with van der Waals surface area (Å²) in [5.74, 6) is -0.329. The number of ether oxygens (including phenoxy) is 2. The summed E-state index contributed by atoms with van der Waals surface area (Å²) in [6.07, 6.45) is 2.92. The van der Waals surface area contributed by atoms with Gasteiger partial charge in [-0.15, -0.1) is 0 Å². The summed E-state index contributed by atoms with van der Waals surface area (Å²) in [6, 6.07) is 6.09. The van der Waals surface area contributed by atoms with Gasteiger partial charge in [-0.1, -0.05) is 20.8 Å². The van der Waals surface area contributed by atoms with Crippen LogP contribution in [0.1, 0.15) is 63.7 Å². The number of esters is 1. The van der Waals surface area contributed by atoms with E-state index >= 15 is 0 Å². The second kappa shape index (κ2) is 5.95. The fraction of sp³-hybridized carbons (Fsp3) is 0.682. The van der Waals surface area contributed by atoms with E-state index in [1.54, 1.807) is 12.1 Å². The molecule has 5 heteroatoms. The number of hydrogen-bond donors (Lipinski definition) is 2. The average Bonchev–Trinajstić information content (AvgIpc) is 3.12. The summed E-state index contributed by atoms with van der Waals surface area (Å²) < 4.78 is 12.0. The van der Waals surface area contributed by atoms with E-state index in [2.05, 4.69) is 27.7 Å². The van der Waals surface area contributed by atoms with Crippen LogP contribution < -0.4 is 0 Å². The van der Waals surface area contributed by atoms with Crippen molar-refractivity contribution in [3.63, 3.8) is 0 Å². The molecule has 6 atom stereocenters. The molecule has 5 nitrogen and oxygen atoms in total. The van der Waals surface area contributed by atoms with Gasteiger partial charge >= 0.3 is 5.97 Å². The Bertz CT molecular complexity index is 744. The van der Waals surface area contributed by atoms with Gasteiger partial charge in [-0.25, -0.2) is 4.79 Å². The van der Waals surface area contributed by atoms with Crippen molar-refractivity contribution in [1.29, 1.82) is 0 Å². The first-order chi connectivity index (χ1) is 12.6. The quantitative estimate of drug-likeness (QED) is 0.623. The van der Waals surface area contributed by atoms with Crippen molar-refractivity contribution in [3.8, 4) is 5.75 Å². The van der Waals surface area contributed by atoms with Crippen LogP contribution >= 0.6 is 0 Å². The van der Waals surface area contributed by atoms with Crippen LogP contribution in [0, 0.1) is 17.3 Å². The first-order valence-corrected chi connectivity index (χ1v) is 9.98. The second-order valence-electron chi connectivity index (χ2n) is 9.60. The minimum atomic E-state index is -0.845. The Morgan fingerprint density at radius 3 is 2.48 bits per heavy atom. The van der Waals surface area contributed by atoms with Crippen LogP contribution in [0.25, 0.3) is 0 Å². The smallest absolute Gasteiger partial charge is 0.338 e. The maximum Gasteiger partial charge on any atom is 0.338 e. The van der Waals surface area contributed by atoms with Crippen molar-refractivity contribution < 1.29 is 24.5 Å². The van der Waals surface area contributed by atoms with E-state index in [0.29, 0.717) is 12.0 Å². The lowest BCUT2D eigenvalue weighted by Crippen LogP contribution is -2.50. The molecule has 1 aliphatic heterocycles. The van der Waals surface area contributed by atoms with Crippen molar-refractivity contribution in [2.24, 2.45) is 17.3 Å². The molecule has 0 spiro atoms. The molecule has 27 heavy (non-hydrogen) atoms. The summed E-state index contributed by atoms with van der Waals surface area (Å²) in [7, 11) is 0. The molecule has 148 valence electrons. The van der Waals surface area contributed by atoms with Crippen molar-refractivity contribution in [3.05, 3.63) is 29.8 Å². The van der Waals surface area contributed by atoms with E-state index in [9.17, 15) is 15.0 Å². The third kappa shape index (κ3) is 2.95. The zero-order chi connectivity index (χ0) is 19.6. The fourth-order valence-electron chi connectivity index (χ4n) is 5.63. The van der Waals surface area contributed by atoms with E-state index in [1.807, 2.05) is 0 Å². The Labute approximate surface area is 160 Å². The number of aromatic hydroxyl groups is 1. The number of epoxide rings is 1. The van der Waals surface area contributed by atoms with E-state index in [-0.39, 0.29) is 34.7 Å². The number of fused-ring (bicyclic) bond motifs is 2. The summed E-state index contributed by atoms with van der Waals surface area (Å²) in [4.78, 5) is 12.8. The molecule has 1 aromatic carbocycles.